The van der Waals surface area contributed by atoms with Crippen LogP contribution in [0.4, 0.5) is 0 Å². The molecule has 1 aliphatic heterocycles. The van der Waals surface area contributed by atoms with E-state index in [2.05, 4.69) is 29.4 Å². The van der Waals surface area contributed by atoms with Gasteiger partial charge >= 0.3 is 0 Å². The number of likely N-dealkylation sites (N-methyl/N-ethyl adjacent to an activating group) is 1. The Balaban J connectivity index is 1.70. The third-order valence-electron chi connectivity index (χ3n) is 4.35. The number of hydrogen-bond acceptors (Lipinski definition) is 2. The zero-order valence-corrected chi connectivity index (χ0v) is 11.7. The Morgan fingerprint density at radius 3 is 3.06 bits per heavy atom. The molecule has 3 heteroatoms. The molecule has 0 aromatic heterocycles. The molecule has 1 heterocycles. The Labute approximate surface area is 114 Å². The molecule has 0 spiro atoms. The van der Waals surface area contributed by atoms with Gasteiger partial charge in [0, 0.05) is 23.7 Å². The zero-order chi connectivity index (χ0) is 12.5. The van der Waals surface area contributed by atoms with Gasteiger partial charge in [-0.25, -0.2) is 0 Å². The molecule has 0 bridgehead atoms. The molecule has 1 saturated heterocycles. The van der Waals surface area contributed by atoms with Crippen molar-refractivity contribution in [1.29, 1.82) is 0 Å². The first-order valence-electron chi connectivity index (χ1n) is 6.96. The van der Waals surface area contributed by atoms with E-state index in [1.807, 2.05) is 6.07 Å². The summed E-state index contributed by atoms with van der Waals surface area (Å²) in [6.45, 7) is 2.35. The third-order valence-corrected chi connectivity index (χ3v) is 4.59. The van der Waals surface area contributed by atoms with Gasteiger partial charge in [-0.1, -0.05) is 17.7 Å². The van der Waals surface area contributed by atoms with Crippen LogP contribution < -0.4 is 5.32 Å². The van der Waals surface area contributed by atoms with E-state index in [9.17, 15) is 0 Å². The van der Waals surface area contributed by atoms with Gasteiger partial charge in [0.2, 0.25) is 0 Å². The van der Waals surface area contributed by atoms with E-state index in [0.717, 1.165) is 11.6 Å². The van der Waals surface area contributed by atoms with Crippen LogP contribution in [0.25, 0.3) is 0 Å². The highest BCUT2D eigenvalue weighted by molar-refractivity contribution is 6.30. The molecule has 1 aliphatic carbocycles. The van der Waals surface area contributed by atoms with Crippen LogP contribution in [-0.2, 0) is 6.42 Å². The molecule has 2 unspecified atom stereocenters. The van der Waals surface area contributed by atoms with E-state index in [0.29, 0.717) is 12.1 Å². The van der Waals surface area contributed by atoms with E-state index in [-0.39, 0.29) is 0 Å². The average molecular weight is 265 g/mol. The summed E-state index contributed by atoms with van der Waals surface area (Å²) >= 11 is 6.06. The van der Waals surface area contributed by atoms with Crippen LogP contribution in [0.3, 0.4) is 0 Å². The molecule has 18 heavy (non-hydrogen) atoms. The summed E-state index contributed by atoms with van der Waals surface area (Å²) in [6.07, 6.45) is 5.06. The smallest absolute Gasteiger partial charge is 0.0408 e. The summed E-state index contributed by atoms with van der Waals surface area (Å²) in [5.41, 5.74) is 2.93. The Hall–Kier alpha value is -0.570. The normalized spacial score (nSPS) is 26.8. The lowest BCUT2D eigenvalue weighted by Crippen LogP contribution is -2.36. The molecule has 2 nitrogen and oxygen atoms in total. The molecule has 0 radical (unpaired) electrons. The highest BCUT2D eigenvalue weighted by Gasteiger charge is 2.27. The molecule has 1 aromatic carbocycles. The van der Waals surface area contributed by atoms with Gasteiger partial charge in [-0.3, -0.25) is 4.90 Å². The van der Waals surface area contributed by atoms with Gasteiger partial charge in [0.25, 0.3) is 0 Å². The monoisotopic (exact) mass is 264 g/mol. The van der Waals surface area contributed by atoms with E-state index in [1.165, 1.54) is 43.4 Å². The van der Waals surface area contributed by atoms with Gasteiger partial charge in [0.05, 0.1) is 0 Å². The molecule has 2 atom stereocenters. The SMILES string of the molecule is CN(CC1CCCN1)C1CCc2cc(Cl)ccc21. The Morgan fingerprint density at radius 1 is 1.39 bits per heavy atom. The summed E-state index contributed by atoms with van der Waals surface area (Å²) < 4.78 is 0. The summed E-state index contributed by atoms with van der Waals surface area (Å²) in [5, 5.41) is 4.45. The first-order chi connectivity index (χ1) is 8.74. The molecule has 0 amide bonds. The van der Waals surface area contributed by atoms with Gasteiger partial charge in [-0.05, 0) is 62.5 Å². The van der Waals surface area contributed by atoms with Gasteiger partial charge in [-0.2, -0.15) is 0 Å². The number of benzene rings is 1. The highest BCUT2D eigenvalue weighted by Crippen LogP contribution is 2.36. The summed E-state index contributed by atoms with van der Waals surface area (Å²) in [6, 6.07) is 7.65. The zero-order valence-electron chi connectivity index (χ0n) is 11.0. The summed E-state index contributed by atoms with van der Waals surface area (Å²) in [4.78, 5) is 2.52. The maximum absolute atomic E-state index is 6.06. The van der Waals surface area contributed by atoms with E-state index in [4.69, 9.17) is 11.6 Å². The number of nitrogens with one attached hydrogen (secondary N) is 1. The van der Waals surface area contributed by atoms with Crippen molar-refractivity contribution < 1.29 is 0 Å². The number of fused-ring (bicyclic) bond motifs is 1. The maximum atomic E-state index is 6.06. The Bertz CT molecular complexity index is 427. The van der Waals surface area contributed by atoms with E-state index >= 15 is 0 Å². The third kappa shape index (κ3) is 2.42. The second-order valence-corrected chi connectivity index (χ2v) is 6.07. The van der Waals surface area contributed by atoms with Crippen LogP contribution in [0, 0.1) is 0 Å². The average Bonchev–Trinajstić information content (AvgIpc) is 2.97. The summed E-state index contributed by atoms with van der Waals surface area (Å²) in [7, 11) is 2.26. The van der Waals surface area contributed by atoms with Crippen molar-refractivity contribution in [3.63, 3.8) is 0 Å². The van der Waals surface area contributed by atoms with Crippen LogP contribution in [0.5, 0.6) is 0 Å². The van der Waals surface area contributed by atoms with E-state index in [1.54, 1.807) is 0 Å². The van der Waals surface area contributed by atoms with Crippen molar-refractivity contribution in [1.82, 2.24) is 10.2 Å². The quantitative estimate of drug-likeness (QED) is 0.903. The maximum Gasteiger partial charge on any atom is 0.0408 e. The van der Waals surface area contributed by atoms with Crippen molar-refractivity contribution in [2.75, 3.05) is 20.1 Å². The molecule has 3 rings (SSSR count). The van der Waals surface area contributed by atoms with Gasteiger partial charge in [0.1, 0.15) is 0 Å². The molecular weight excluding hydrogens is 244 g/mol. The Morgan fingerprint density at radius 2 is 2.28 bits per heavy atom. The Kier molecular flexibility index (Phi) is 3.60. The number of rotatable bonds is 3. The molecule has 1 N–H and O–H groups in total. The highest BCUT2D eigenvalue weighted by atomic mass is 35.5. The van der Waals surface area contributed by atoms with Crippen LogP contribution in [0.2, 0.25) is 5.02 Å². The second-order valence-electron chi connectivity index (χ2n) is 5.63. The molecule has 98 valence electrons. The van der Waals surface area contributed by atoms with Gasteiger partial charge in [-0.15, -0.1) is 0 Å². The fraction of sp³-hybridized carbons (Fsp3) is 0.600. The van der Waals surface area contributed by atoms with Crippen molar-refractivity contribution in [2.45, 2.75) is 37.8 Å². The van der Waals surface area contributed by atoms with Crippen molar-refractivity contribution >= 4 is 11.6 Å². The van der Waals surface area contributed by atoms with Crippen molar-refractivity contribution in [3.05, 3.63) is 34.3 Å². The standard InChI is InChI=1S/C15H21ClN2/c1-18(10-13-3-2-8-17-13)15-7-4-11-9-12(16)5-6-14(11)15/h5-6,9,13,15,17H,2-4,7-8,10H2,1H3. The van der Waals surface area contributed by atoms with E-state index < -0.39 is 0 Å². The fourth-order valence-electron chi connectivity index (χ4n) is 3.41. The number of nitrogens with zero attached hydrogens (tertiary/aromatic N) is 1. The first kappa shape index (κ1) is 12.5. The number of aryl methyl sites for hydroxylation is 1. The van der Waals surface area contributed by atoms with Crippen molar-refractivity contribution in [2.24, 2.45) is 0 Å². The fourth-order valence-corrected chi connectivity index (χ4v) is 3.60. The second kappa shape index (κ2) is 5.20. The largest absolute Gasteiger partial charge is 0.313 e. The minimum Gasteiger partial charge on any atom is -0.313 e. The lowest BCUT2D eigenvalue weighted by molar-refractivity contribution is 0.223. The molecule has 1 fully saturated rings. The van der Waals surface area contributed by atoms with Crippen LogP contribution in [-0.4, -0.2) is 31.1 Å². The van der Waals surface area contributed by atoms with Crippen LogP contribution in [0.1, 0.15) is 36.4 Å². The predicted molar refractivity (Wildman–Crippen MR) is 76.2 cm³/mol. The molecule has 1 aromatic rings. The van der Waals surface area contributed by atoms with Gasteiger partial charge < -0.3 is 5.32 Å². The first-order valence-corrected chi connectivity index (χ1v) is 7.34. The lowest BCUT2D eigenvalue weighted by Gasteiger charge is -2.28. The number of halogens is 1. The molecular formula is C15H21ClN2. The van der Waals surface area contributed by atoms with Gasteiger partial charge in [0.15, 0.2) is 0 Å². The lowest BCUT2D eigenvalue weighted by atomic mass is 10.1. The van der Waals surface area contributed by atoms with Crippen LogP contribution >= 0.6 is 11.6 Å². The predicted octanol–water partition coefficient (Wildman–Crippen LogP) is 3.01. The van der Waals surface area contributed by atoms with Crippen molar-refractivity contribution in [3.8, 4) is 0 Å². The number of hydrogen-bond donors (Lipinski definition) is 1. The minimum absolute atomic E-state index is 0.583. The van der Waals surface area contributed by atoms with Crippen LogP contribution in [0.15, 0.2) is 18.2 Å². The molecule has 0 saturated carbocycles. The summed E-state index contributed by atoms with van der Waals surface area (Å²) in [5.74, 6) is 0. The molecule has 2 aliphatic rings. The topological polar surface area (TPSA) is 15.3 Å². The minimum atomic E-state index is 0.583.